The number of likely N-dealkylation sites (tertiary alicyclic amines) is 1. The van der Waals surface area contributed by atoms with E-state index in [1.54, 1.807) is 15.9 Å². The molecule has 0 aliphatic carbocycles. The molecule has 0 N–H and O–H groups in total. The number of fused-ring (bicyclic) bond motifs is 1. The maximum atomic E-state index is 13.1. The van der Waals surface area contributed by atoms with E-state index in [2.05, 4.69) is 4.98 Å². The van der Waals surface area contributed by atoms with Gasteiger partial charge in [0.15, 0.2) is 15.6 Å². The molecule has 0 radical (unpaired) electrons. The molecule has 0 unspecified atom stereocenters. The Balaban J connectivity index is 1.48. The van der Waals surface area contributed by atoms with Gasteiger partial charge in [0.25, 0.3) is 0 Å². The van der Waals surface area contributed by atoms with Gasteiger partial charge < -0.3 is 9.80 Å². The Kier molecular flexibility index (Phi) is 5.81. The second-order valence-electron chi connectivity index (χ2n) is 7.46. The van der Waals surface area contributed by atoms with Crippen LogP contribution in [0.25, 0.3) is 10.2 Å². The zero-order valence-corrected chi connectivity index (χ0v) is 18.2. The predicted molar refractivity (Wildman–Crippen MR) is 113 cm³/mol. The monoisotopic (exact) mass is 455 g/mol. The van der Waals surface area contributed by atoms with Crippen LogP contribution in [0.4, 0.5) is 4.79 Å². The average Bonchev–Trinajstić information content (AvgIpc) is 3.11. The number of thiazole rings is 1. The summed E-state index contributed by atoms with van der Waals surface area (Å²) < 4.78 is 24.2. The molecular formula is C19H22ClN3O4S2. The van der Waals surface area contributed by atoms with Crippen LogP contribution in [0.1, 0.15) is 24.3 Å². The van der Waals surface area contributed by atoms with E-state index in [0.29, 0.717) is 28.5 Å². The van der Waals surface area contributed by atoms with Crippen LogP contribution in [0.15, 0.2) is 18.2 Å². The molecule has 2 aromatic rings. The summed E-state index contributed by atoms with van der Waals surface area (Å²) in [5.74, 6) is -0.0622. The number of amides is 2. The molecule has 2 saturated heterocycles. The lowest BCUT2D eigenvalue weighted by Crippen LogP contribution is -2.56. The molecule has 2 aliphatic rings. The number of benzene rings is 1. The van der Waals surface area contributed by atoms with Crippen molar-refractivity contribution in [1.82, 2.24) is 14.8 Å². The van der Waals surface area contributed by atoms with E-state index in [9.17, 15) is 18.0 Å². The van der Waals surface area contributed by atoms with Crippen molar-refractivity contribution in [2.45, 2.75) is 31.7 Å². The second kappa shape index (κ2) is 8.20. The number of ketones is 1. The molecule has 0 saturated carbocycles. The van der Waals surface area contributed by atoms with Crippen LogP contribution in [0.5, 0.6) is 0 Å². The molecule has 1 aromatic carbocycles. The quantitative estimate of drug-likeness (QED) is 0.710. The third kappa shape index (κ3) is 4.41. The number of rotatable bonds is 3. The Labute approximate surface area is 178 Å². The molecule has 10 heteroatoms. The van der Waals surface area contributed by atoms with Crippen LogP contribution in [0.3, 0.4) is 0 Å². The molecule has 4 rings (SSSR count). The smallest absolute Gasteiger partial charge is 0.320 e. The molecule has 2 aliphatic heterocycles. The fourth-order valence-corrected chi connectivity index (χ4v) is 6.36. The number of nitrogens with zero attached hydrogens (tertiary/aromatic N) is 3. The number of aromatic nitrogens is 1. The SMILES string of the molecule is O=C(Cc1nc2c(Cl)cccc2s1)[C@@H]1CCCCN1C(=O)N1CCS(=O)(=O)CC1. The number of hydrogen-bond acceptors (Lipinski definition) is 6. The van der Waals surface area contributed by atoms with Gasteiger partial charge in [-0.15, -0.1) is 11.3 Å². The third-order valence-electron chi connectivity index (χ3n) is 5.47. The van der Waals surface area contributed by atoms with E-state index in [4.69, 9.17) is 11.6 Å². The van der Waals surface area contributed by atoms with E-state index in [1.165, 1.54) is 11.3 Å². The van der Waals surface area contributed by atoms with Gasteiger partial charge in [-0.1, -0.05) is 17.7 Å². The van der Waals surface area contributed by atoms with Gasteiger partial charge in [0, 0.05) is 19.6 Å². The summed E-state index contributed by atoms with van der Waals surface area (Å²) in [6, 6.07) is 4.83. The maximum absolute atomic E-state index is 13.1. The van der Waals surface area contributed by atoms with Crippen molar-refractivity contribution < 1.29 is 18.0 Å². The molecule has 7 nitrogen and oxygen atoms in total. The molecule has 1 atom stereocenters. The van der Waals surface area contributed by atoms with Gasteiger partial charge in [0.2, 0.25) is 0 Å². The highest BCUT2D eigenvalue weighted by atomic mass is 35.5. The number of hydrogen-bond donors (Lipinski definition) is 0. The van der Waals surface area contributed by atoms with Gasteiger partial charge >= 0.3 is 6.03 Å². The minimum Gasteiger partial charge on any atom is -0.323 e. The van der Waals surface area contributed by atoms with Crippen LogP contribution in [0, 0.1) is 0 Å². The molecule has 0 bridgehead atoms. The summed E-state index contributed by atoms with van der Waals surface area (Å²) in [5, 5.41) is 1.26. The van der Waals surface area contributed by atoms with Crippen molar-refractivity contribution in [3.63, 3.8) is 0 Å². The van der Waals surface area contributed by atoms with Crippen LogP contribution in [-0.2, 0) is 21.1 Å². The van der Waals surface area contributed by atoms with Crippen LogP contribution < -0.4 is 0 Å². The Morgan fingerprint density at radius 2 is 1.93 bits per heavy atom. The molecule has 29 heavy (non-hydrogen) atoms. The average molecular weight is 456 g/mol. The van der Waals surface area contributed by atoms with E-state index in [0.717, 1.165) is 17.5 Å². The van der Waals surface area contributed by atoms with Gasteiger partial charge in [0.05, 0.1) is 33.7 Å². The number of urea groups is 1. The Morgan fingerprint density at radius 3 is 2.66 bits per heavy atom. The van der Waals surface area contributed by atoms with E-state index < -0.39 is 15.9 Å². The lowest BCUT2D eigenvalue weighted by atomic mass is 9.97. The first-order valence-electron chi connectivity index (χ1n) is 9.67. The summed E-state index contributed by atoms with van der Waals surface area (Å²) in [6.07, 6.45) is 2.53. The van der Waals surface area contributed by atoms with Gasteiger partial charge in [-0.2, -0.15) is 0 Å². The van der Waals surface area contributed by atoms with Gasteiger partial charge in [-0.25, -0.2) is 18.2 Å². The number of sulfone groups is 1. The van der Waals surface area contributed by atoms with Gasteiger partial charge in [0.1, 0.15) is 10.5 Å². The van der Waals surface area contributed by atoms with Gasteiger partial charge in [-0.05, 0) is 31.4 Å². The third-order valence-corrected chi connectivity index (χ3v) is 8.41. The molecule has 2 fully saturated rings. The Bertz CT molecular complexity index is 1040. The summed E-state index contributed by atoms with van der Waals surface area (Å²) >= 11 is 7.63. The highest BCUT2D eigenvalue weighted by Crippen LogP contribution is 2.29. The van der Waals surface area contributed by atoms with Crippen LogP contribution >= 0.6 is 22.9 Å². The van der Waals surface area contributed by atoms with Crippen molar-refractivity contribution in [3.05, 3.63) is 28.2 Å². The van der Waals surface area contributed by atoms with Crippen molar-refractivity contribution >= 4 is 54.8 Å². The van der Waals surface area contributed by atoms with Crippen LogP contribution in [-0.4, -0.2) is 72.2 Å². The first-order chi connectivity index (χ1) is 13.8. The van der Waals surface area contributed by atoms with Crippen LogP contribution in [0.2, 0.25) is 5.02 Å². The summed E-state index contributed by atoms with van der Waals surface area (Å²) in [6.45, 7) is 0.897. The number of halogens is 1. The van der Waals surface area contributed by atoms with E-state index >= 15 is 0 Å². The number of para-hydroxylation sites is 1. The fraction of sp³-hybridized carbons (Fsp3) is 0.526. The molecule has 1 aromatic heterocycles. The zero-order chi connectivity index (χ0) is 20.6. The zero-order valence-electron chi connectivity index (χ0n) is 15.8. The number of Topliss-reactive ketones (excluding diaryl/α,β-unsaturated/α-hetero) is 1. The molecular weight excluding hydrogens is 434 g/mol. The largest absolute Gasteiger partial charge is 0.323 e. The predicted octanol–water partition coefficient (Wildman–Crippen LogP) is 2.77. The molecule has 3 heterocycles. The topological polar surface area (TPSA) is 87.7 Å². The van der Waals surface area contributed by atoms with E-state index in [1.807, 2.05) is 12.1 Å². The first-order valence-corrected chi connectivity index (χ1v) is 12.7. The van der Waals surface area contributed by atoms with E-state index in [-0.39, 0.29) is 42.8 Å². The first kappa shape index (κ1) is 20.6. The summed E-state index contributed by atoms with van der Waals surface area (Å²) in [5.41, 5.74) is 0.702. The summed E-state index contributed by atoms with van der Waals surface area (Å²) in [7, 11) is -3.06. The Hall–Kier alpha value is -1.71. The minimum atomic E-state index is -3.06. The highest BCUT2D eigenvalue weighted by molar-refractivity contribution is 7.91. The summed E-state index contributed by atoms with van der Waals surface area (Å²) in [4.78, 5) is 33.7. The fourth-order valence-electron chi connectivity index (χ4n) is 3.88. The lowest BCUT2D eigenvalue weighted by molar-refractivity contribution is -0.123. The number of piperidine rings is 1. The maximum Gasteiger partial charge on any atom is 0.320 e. The molecule has 2 amide bonds. The normalized spacial score (nSPS) is 22.0. The molecule has 156 valence electrons. The number of carbonyl (C=O) groups is 2. The van der Waals surface area contributed by atoms with Crippen molar-refractivity contribution in [1.29, 1.82) is 0 Å². The number of carbonyl (C=O) groups excluding carboxylic acids is 2. The van der Waals surface area contributed by atoms with Gasteiger partial charge in [-0.3, -0.25) is 4.79 Å². The standard InChI is InChI=1S/C19H22ClN3O4S2/c20-13-4-3-6-16-18(13)21-17(28-16)12-15(24)14-5-1-2-7-23(14)19(25)22-8-10-29(26,27)11-9-22/h3-4,6,14H,1-2,5,7-12H2/t14-/m0/s1. The van der Waals surface area contributed by atoms with Crippen molar-refractivity contribution in [2.24, 2.45) is 0 Å². The lowest BCUT2D eigenvalue weighted by Gasteiger charge is -2.39. The Morgan fingerprint density at radius 1 is 1.17 bits per heavy atom. The highest BCUT2D eigenvalue weighted by Gasteiger charge is 2.36. The van der Waals surface area contributed by atoms with Crippen molar-refractivity contribution in [3.8, 4) is 0 Å². The second-order valence-corrected chi connectivity index (χ2v) is 11.3. The van der Waals surface area contributed by atoms with Crippen molar-refractivity contribution in [2.75, 3.05) is 31.1 Å². The molecule has 0 spiro atoms. The minimum absolute atomic E-state index is 0.0162.